The number of ketones is 1. The monoisotopic (exact) mass is 574 g/mol. The summed E-state index contributed by atoms with van der Waals surface area (Å²) >= 11 is 1.29. The zero-order valence-corrected chi connectivity index (χ0v) is 24.0. The summed E-state index contributed by atoms with van der Waals surface area (Å²) in [4.78, 5) is 33.1. The van der Waals surface area contributed by atoms with Crippen molar-refractivity contribution in [3.63, 3.8) is 0 Å². The Balaban J connectivity index is 1.66. The van der Waals surface area contributed by atoms with Gasteiger partial charge >= 0.3 is 5.91 Å². The second-order valence-corrected chi connectivity index (χ2v) is 10.8. The zero-order valence-electron chi connectivity index (χ0n) is 23.1. The predicted octanol–water partition coefficient (Wildman–Crippen LogP) is 7.34. The number of halogens is 1. The first-order valence-electron chi connectivity index (χ1n) is 13.7. The molecule has 4 aromatic rings. The molecule has 9 heteroatoms. The highest BCUT2D eigenvalue weighted by atomic mass is 32.1. The van der Waals surface area contributed by atoms with Crippen molar-refractivity contribution in [1.82, 2.24) is 4.98 Å². The third-order valence-electron chi connectivity index (χ3n) is 6.89. The van der Waals surface area contributed by atoms with Crippen LogP contribution in [0.2, 0.25) is 0 Å². The number of aromatic nitrogens is 1. The van der Waals surface area contributed by atoms with Crippen molar-refractivity contribution < 1.29 is 28.6 Å². The van der Waals surface area contributed by atoms with Crippen LogP contribution in [0.5, 0.6) is 11.5 Å². The molecule has 1 aromatic heterocycles. The number of rotatable bonds is 10. The van der Waals surface area contributed by atoms with Crippen molar-refractivity contribution in [2.45, 2.75) is 46.1 Å². The van der Waals surface area contributed by atoms with Gasteiger partial charge in [-0.2, -0.15) is 0 Å². The number of unbranched alkanes of at least 4 members (excludes halogenated alkanes) is 2. The normalized spacial score (nSPS) is 16.5. The van der Waals surface area contributed by atoms with Crippen LogP contribution in [0, 0.1) is 12.7 Å². The highest BCUT2D eigenvalue weighted by Crippen LogP contribution is 2.46. The zero-order chi connectivity index (χ0) is 29.1. The van der Waals surface area contributed by atoms with E-state index in [2.05, 4.69) is 11.9 Å². The van der Waals surface area contributed by atoms with E-state index in [4.69, 9.17) is 9.47 Å². The maximum Gasteiger partial charge on any atom is 0.301 e. The van der Waals surface area contributed by atoms with E-state index in [9.17, 15) is 19.1 Å². The number of aliphatic hydroxyl groups excluding tert-OH is 1. The Hall–Kier alpha value is -4.24. The van der Waals surface area contributed by atoms with Gasteiger partial charge in [-0.1, -0.05) is 43.2 Å². The molecule has 1 N–H and O–H groups in total. The van der Waals surface area contributed by atoms with Crippen LogP contribution in [-0.4, -0.2) is 35.0 Å². The smallest absolute Gasteiger partial charge is 0.301 e. The molecule has 41 heavy (non-hydrogen) atoms. The minimum atomic E-state index is -1.00. The van der Waals surface area contributed by atoms with Crippen LogP contribution < -0.4 is 14.4 Å². The van der Waals surface area contributed by atoms with Crippen molar-refractivity contribution in [3.05, 3.63) is 88.7 Å². The van der Waals surface area contributed by atoms with Crippen LogP contribution in [0.3, 0.4) is 0 Å². The Kier molecular flexibility index (Phi) is 8.35. The number of anilines is 1. The topological polar surface area (TPSA) is 89.0 Å². The SMILES string of the molecule is CCCCCOc1ccc(C2/C(=C(\O)c3ccc(F)cc3)C(=O)C(=O)N2c2nc3ccc(C)cc3s2)cc1OCC. The number of carbonyl (C=O) groups excluding carboxylic acids is 2. The van der Waals surface area contributed by atoms with Gasteiger partial charge in [-0.3, -0.25) is 14.5 Å². The fourth-order valence-electron chi connectivity index (χ4n) is 4.85. The molecule has 1 aliphatic heterocycles. The van der Waals surface area contributed by atoms with Gasteiger partial charge in [0.2, 0.25) is 0 Å². The lowest BCUT2D eigenvalue weighted by atomic mass is 9.95. The van der Waals surface area contributed by atoms with E-state index in [1.807, 2.05) is 32.0 Å². The summed E-state index contributed by atoms with van der Waals surface area (Å²) in [6.45, 7) is 6.85. The first kappa shape index (κ1) is 28.3. The van der Waals surface area contributed by atoms with E-state index in [0.29, 0.717) is 40.9 Å². The van der Waals surface area contributed by atoms with Crippen LogP contribution in [0.15, 0.2) is 66.2 Å². The maximum atomic E-state index is 13.6. The van der Waals surface area contributed by atoms with Crippen molar-refractivity contribution in [2.24, 2.45) is 0 Å². The maximum absolute atomic E-state index is 13.6. The highest BCUT2D eigenvalue weighted by Gasteiger charge is 2.48. The molecule has 212 valence electrons. The Labute approximate surface area is 241 Å². The van der Waals surface area contributed by atoms with Crippen LogP contribution in [0.1, 0.15) is 55.8 Å². The number of nitrogens with zero attached hydrogens (tertiary/aromatic N) is 2. The highest BCUT2D eigenvalue weighted by molar-refractivity contribution is 7.22. The van der Waals surface area contributed by atoms with Gasteiger partial charge in [-0.05, 0) is 79.9 Å². The number of carbonyl (C=O) groups is 2. The molecule has 1 amide bonds. The molecule has 1 saturated heterocycles. The van der Waals surface area contributed by atoms with Gasteiger partial charge in [0.1, 0.15) is 11.6 Å². The van der Waals surface area contributed by atoms with Crippen molar-refractivity contribution in [1.29, 1.82) is 0 Å². The largest absolute Gasteiger partial charge is 0.507 e. The van der Waals surface area contributed by atoms with E-state index >= 15 is 0 Å². The van der Waals surface area contributed by atoms with Gasteiger partial charge in [-0.25, -0.2) is 9.37 Å². The number of amides is 1. The van der Waals surface area contributed by atoms with Gasteiger partial charge in [0.05, 0.1) is 35.0 Å². The minimum absolute atomic E-state index is 0.115. The van der Waals surface area contributed by atoms with Crippen molar-refractivity contribution >= 4 is 44.1 Å². The first-order chi connectivity index (χ1) is 19.8. The quantitative estimate of drug-likeness (QED) is 0.0923. The second-order valence-electron chi connectivity index (χ2n) is 9.84. The summed E-state index contributed by atoms with van der Waals surface area (Å²) < 4.78 is 26.4. The number of thiazole rings is 1. The number of benzene rings is 3. The van der Waals surface area contributed by atoms with E-state index in [1.165, 1.54) is 40.5 Å². The molecule has 0 radical (unpaired) electrons. The minimum Gasteiger partial charge on any atom is -0.507 e. The fourth-order valence-corrected chi connectivity index (χ4v) is 5.94. The molecule has 0 aliphatic carbocycles. The molecule has 1 aliphatic rings. The number of hydrogen-bond donors (Lipinski definition) is 1. The van der Waals surface area contributed by atoms with Gasteiger partial charge in [-0.15, -0.1) is 0 Å². The van der Waals surface area contributed by atoms with E-state index < -0.39 is 29.3 Å². The average molecular weight is 575 g/mol. The van der Waals surface area contributed by atoms with E-state index in [0.717, 1.165) is 29.5 Å². The van der Waals surface area contributed by atoms with Crippen LogP contribution in [-0.2, 0) is 9.59 Å². The third-order valence-corrected chi connectivity index (χ3v) is 7.91. The molecule has 5 rings (SSSR count). The van der Waals surface area contributed by atoms with Crippen LogP contribution in [0.25, 0.3) is 16.0 Å². The lowest BCUT2D eigenvalue weighted by Gasteiger charge is -2.24. The molecule has 1 atom stereocenters. The number of aryl methyl sites for hydroxylation is 1. The number of aliphatic hydroxyl groups is 1. The summed E-state index contributed by atoms with van der Waals surface area (Å²) in [7, 11) is 0. The molecule has 0 bridgehead atoms. The van der Waals surface area contributed by atoms with Crippen molar-refractivity contribution in [2.75, 3.05) is 18.1 Å². The fraction of sp³-hybridized carbons (Fsp3) is 0.281. The van der Waals surface area contributed by atoms with Gasteiger partial charge in [0, 0.05) is 5.56 Å². The standard InChI is InChI=1S/C32H31FN2O5S/c1-4-6-7-16-40-24-15-11-21(18-25(24)39-5-2)28-27(29(36)20-9-12-22(33)13-10-20)30(37)31(38)35(28)32-34-23-14-8-19(3)17-26(23)41-32/h8-15,17-18,28,36H,4-7,16H2,1-3H3/b29-27+. The third kappa shape index (κ3) is 5.67. The Morgan fingerprint density at radius 3 is 2.51 bits per heavy atom. The Morgan fingerprint density at radius 2 is 1.78 bits per heavy atom. The van der Waals surface area contributed by atoms with E-state index in [1.54, 1.807) is 18.2 Å². The van der Waals surface area contributed by atoms with Gasteiger partial charge < -0.3 is 14.6 Å². The van der Waals surface area contributed by atoms with Gasteiger partial charge in [0.25, 0.3) is 5.78 Å². The number of fused-ring (bicyclic) bond motifs is 1. The number of hydrogen-bond acceptors (Lipinski definition) is 7. The molecule has 2 heterocycles. The molecule has 7 nitrogen and oxygen atoms in total. The summed E-state index contributed by atoms with van der Waals surface area (Å²) in [5, 5.41) is 11.7. The molecule has 3 aromatic carbocycles. The van der Waals surface area contributed by atoms with Crippen LogP contribution in [0.4, 0.5) is 9.52 Å². The van der Waals surface area contributed by atoms with E-state index in [-0.39, 0.29) is 11.1 Å². The van der Waals surface area contributed by atoms with Crippen molar-refractivity contribution in [3.8, 4) is 11.5 Å². The summed E-state index contributed by atoms with van der Waals surface area (Å²) in [5.74, 6) is -1.53. The molecule has 0 saturated carbocycles. The predicted molar refractivity (Wildman–Crippen MR) is 158 cm³/mol. The molecular weight excluding hydrogens is 543 g/mol. The first-order valence-corrected chi connectivity index (χ1v) is 14.5. The molecule has 0 spiro atoms. The second kappa shape index (κ2) is 12.1. The lowest BCUT2D eigenvalue weighted by Crippen LogP contribution is -2.29. The summed E-state index contributed by atoms with van der Waals surface area (Å²) in [6, 6.07) is 15.1. The summed E-state index contributed by atoms with van der Waals surface area (Å²) in [6.07, 6.45) is 3.01. The number of Topliss-reactive ketones (excluding diaryl/α,β-unsaturated/α-hetero) is 1. The summed E-state index contributed by atoms with van der Waals surface area (Å²) in [5.41, 5.74) is 2.37. The van der Waals surface area contributed by atoms with Crippen LogP contribution >= 0.6 is 11.3 Å². The van der Waals surface area contributed by atoms with Gasteiger partial charge in [0.15, 0.2) is 16.6 Å². The molecular formula is C32H31FN2O5S. The molecule has 1 unspecified atom stereocenters. The number of ether oxygens (including phenoxy) is 2. The average Bonchev–Trinajstić information content (AvgIpc) is 3.49. The molecule has 1 fully saturated rings. The Morgan fingerprint density at radius 1 is 1.00 bits per heavy atom. The Bertz CT molecular complexity index is 1630. The lowest BCUT2D eigenvalue weighted by molar-refractivity contribution is -0.132.